The number of ether oxygens (including phenoxy) is 2. The van der Waals surface area contributed by atoms with Gasteiger partial charge in [-0.1, -0.05) is 6.92 Å². The summed E-state index contributed by atoms with van der Waals surface area (Å²) in [4.78, 5) is 35.0. The highest BCUT2D eigenvalue weighted by Gasteiger charge is 2.51. The Morgan fingerprint density at radius 3 is 2.18 bits per heavy atom. The molecule has 208 valence electrons. The summed E-state index contributed by atoms with van der Waals surface area (Å²) in [7, 11) is -3.82. The number of sulfonamides is 1. The number of fused-ring (bicyclic) bond motifs is 1. The minimum Gasteiger partial charge on any atom is -0.474 e. The summed E-state index contributed by atoms with van der Waals surface area (Å²) in [5, 5.41) is 5.17. The van der Waals surface area contributed by atoms with E-state index in [1.54, 1.807) is 11.1 Å². The van der Waals surface area contributed by atoms with Crippen LogP contribution < -0.4 is 9.88 Å². The molecule has 0 radical (unpaired) electrons. The van der Waals surface area contributed by atoms with Crippen molar-refractivity contribution in [2.45, 2.75) is 49.5 Å². The smallest absolute Gasteiger partial charge is 0.255 e. The van der Waals surface area contributed by atoms with Gasteiger partial charge in [-0.15, -0.1) is 0 Å². The minimum atomic E-state index is -3.82. The first-order valence-corrected chi connectivity index (χ1v) is 15.1. The number of rotatable bonds is 6. The molecule has 2 atom stereocenters. The molecular formula is C28H34N4O6S. The maximum atomic E-state index is 13.6. The molecule has 0 unspecified atom stereocenters. The van der Waals surface area contributed by atoms with Crippen LogP contribution in [0.25, 0.3) is 0 Å². The first-order chi connectivity index (χ1) is 18.6. The largest absolute Gasteiger partial charge is 0.474 e. The average Bonchev–Trinajstić information content (AvgIpc) is 3.64. The number of carbonyl (C=O) groups is 2. The number of primary sulfonamides is 1. The van der Waals surface area contributed by atoms with Crippen LogP contribution in [0.1, 0.15) is 64.8 Å². The highest BCUT2D eigenvalue weighted by atomic mass is 32.2. The van der Waals surface area contributed by atoms with Gasteiger partial charge >= 0.3 is 0 Å². The number of aromatic nitrogens is 1. The number of nitrogens with two attached hydrogens (primary N) is 1. The van der Waals surface area contributed by atoms with Crippen molar-refractivity contribution in [3.8, 4) is 5.88 Å². The van der Waals surface area contributed by atoms with Crippen molar-refractivity contribution in [1.29, 1.82) is 0 Å². The van der Waals surface area contributed by atoms with Crippen LogP contribution in [0.3, 0.4) is 0 Å². The van der Waals surface area contributed by atoms with Gasteiger partial charge in [-0.05, 0) is 49.1 Å². The monoisotopic (exact) mass is 554 g/mol. The summed E-state index contributed by atoms with van der Waals surface area (Å²) in [5.41, 5.74) is 1.82. The molecular weight excluding hydrogens is 520 g/mol. The Kier molecular flexibility index (Phi) is 6.63. The van der Waals surface area contributed by atoms with Crippen molar-refractivity contribution >= 4 is 21.8 Å². The molecule has 11 heteroatoms. The Hall–Kier alpha value is -3.02. The zero-order chi connectivity index (χ0) is 27.4. The molecule has 2 N–H and O–H groups in total. The van der Waals surface area contributed by atoms with Gasteiger partial charge in [0.25, 0.3) is 11.8 Å². The molecule has 39 heavy (non-hydrogen) atoms. The maximum Gasteiger partial charge on any atom is 0.255 e. The number of hydrogen-bond acceptors (Lipinski definition) is 7. The SMILES string of the molecule is C[C@@]12CN(C(=O)c3ccc(S(N)(=O)=O)cc3)C[C@H]1CN(C(=O)c1cnc(OC3CCOCC3)c(C3CC3)c1)C2. The highest BCUT2D eigenvalue weighted by molar-refractivity contribution is 7.89. The van der Waals surface area contributed by atoms with E-state index >= 15 is 0 Å². The zero-order valence-corrected chi connectivity index (χ0v) is 22.9. The van der Waals surface area contributed by atoms with Crippen LogP contribution in [0, 0.1) is 11.3 Å². The van der Waals surface area contributed by atoms with Gasteiger partial charge in [0, 0.05) is 67.7 Å². The van der Waals surface area contributed by atoms with E-state index in [1.165, 1.54) is 24.3 Å². The first-order valence-electron chi connectivity index (χ1n) is 13.6. The van der Waals surface area contributed by atoms with Crippen molar-refractivity contribution in [2.75, 3.05) is 39.4 Å². The van der Waals surface area contributed by atoms with Gasteiger partial charge in [0.15, 0.2) is 0 Å². The van der Waals surface area contributed by atoms with E-state index in [0.717, 1.165) is 31.2 Å². The summed E-state index contributed by atoms with van der Waals surface area (Å²) >= 11 is 0. The minimum absolute atomic E-state index is 0.0269. The van der Waals surface area contributed by atoms with Crippen molar-refractivity contribution < 1.29 is 27.5 Å². The Balaban J connectivity index is 1.12. The van der Waals surface area contributed by atoms with E-state index in [4.69, 9.17) is 14.6 Å². The topological polar surface area (TPSA) is 132 Å². The summed E-state index contributed by atoms with van der Waals surface area (Å²) in [6.07, 6.45) is 5.60. The Bertz CT molecular complexity index is 1390. The van der Waals surface area contributed by atoms with Gasteiger partial charge in [0.1, 0.15) is 6.10 Å². The first kappa shape index (κ1) is 26.2. The van der Waals surface area contributed by atoms with Gasteiger partial charge in [0.2, 0.25) is 15.9 Å². The third-order valence-electron chi connectivity index (χ3n) is 8.57. The fraction of sp³-hybridized carbons (Fsp3) is 0.536. The average molecular weight is 555 g/mol. The Morgan fingerprint density at radius 2 is 1.62 bits per heavy atom. The molecule has 1 saturated carbocycles. The van der Waals surface area contributed by atoms with Crippen molar-refractivity contribution in [3.63, 3.8) is 0 Å². The van der Waals surface area contributed by atoms with Gasteiger partial charge in [-0.2, -0.15) is 0 Å². The van der Waals surface area contributed by atoms with E-state index < -0.39 is 10.0 Å². The van der Waals surface area contributed by atoms with Crippen LogP contribution in [0.15, 0.2) is 41.4 Å². The molecule has 1 aromatic heterocycles. The van der Waals surface area contributed by atoms with Gasteiger partial charge in [0.05, 0.1) is 23.7 Å². The summed E-state index contributed by atoms with van der Waals surface area (Å²) in [6.45, 7) is 5.72. The molecule has 6 rings (SSSR count). The molecule has 3 aliphatic heterocycles. The lowest BCUT2D eigenvalue weighted by Crippen LogP contribution is -2.37. The third kappa shape index (κ3) is 5.27. The fourth-order valence-corrected chi connectivity index (χ4v) is 6.64. The van der Waals surface area contributed by atoms with Crippen molar-refractivity contribution in [2.24, 2.45) is 16.5 Å². The van der Waals surface area contributed by atoms with Gasteiger partial charge in [-0.25, -0.2) is 18.5 Å². The van der Waals surface area contributed by atoms with Crippen LogP contribution in [0.5, 0.6) is 5.88 Å². The van der Waals surface area contributed by atoms with E-state index in [-0.39, 0.29) is 34.1 Å². The van der Waals surface area contributed by atoms with E-state index in [1.807, 2.05) is 11.0 Å². The van der Waals surface area contributed by atoms with Gasteiger partial charge < -0.3 is 19.3 Å². The molecule has 2 aromatic rings. The standard InChI is InChI=1S/C28H34N4O6S/c1-28-16-31(26(33)19-4-6-23(7-5-19)39(29,35)36)14-21(28)15-32(17-28)27(34)20-12-24(18-2-3-18)25(30-13-20)38-22-8-10-37-11-9-22/h4-7,12-13,18,21-22H,2-3,8-11,14-17H2,1H3,(H2,29,35,36)/t21-,28-/m0/s1. The Morgan fingerprint density at radius 1 is 1.00 bits per heavy atom. The lowest BCUT2D eigenvalue weighted by atomic mass is 9.83. The molecule has 1 aromatic carbocycles. The number of benzene rings is 1. The normalized spacial score (nSPS) is 25.5. The highest BCUT2D eigenvalue weighted by Crippen LogP contribution is 2.45. The fourth-order valence-electron chi connectivity index (χ4n) is 6.12. The molecule has 1 aliphatic carbocycles. The van der Waals surface area contributed by atoms with Crippen LogP contribution in [-0.4, -0.2) is 80.5 Å². The van der Waals surface area contributed by atoms with E-state index in [9.17, 15) is 18.0 Å². The molecule has 4 heterocycles. The number of nitrogens with zero attached hydrogens (tertiary/aromatic N) is 3. The maximum absolute atomic E-state index is 13.6. The lowest BCUT2D eigenvalue weighted by Gasteiger charge is -2.26. The predicted molar refractivity (Wildman–Crippen MR) is 142 cm³/mol. The predicted octanol–water partition coefficient (Wildman–Crippen LogP) is 2.40. The number of amides is 2. The number of pyridine rings is 1. The summed E-state index contributed by atoms with van der Waals surface area (Å²) in [6, 6.07) is 7.67. The number of carbonyl (C=O) groups excluding carboxylic acids is 2. The molecule has 10 nitrogen and oxygen atoms in total. The second-order valence-electron chi connectivity index (χ2n) is 11.6. The molecule has 2 amide bonds. The second kappa shape index (κ2) is 9.87. The number of hydrogen-bond donors (Lipinski definition) is 1. The van der Waals surface area contributed by atoms with Crippen LogP contribution in [0.2, 0.25) is 0 Å². The van der Waals surface area contributed by atoms with Crippen molar-refractivity contribution in [3.05, 3.63) is 53.2 Å². The van der Waals surface area contributed by atoms with Gasteiger partial charge in [-0.3, -0.25) is 9.59 Å². The zero-order valence-electron chi connectivity index (χ0n) is 22.0. The van der Waals surface area contributed by atoms with Crippen LogP contribution in [-0.2, 0) is 14.8 Å². The summed E-state index contributed by atoms with van der Waals surface area (Å²) < 4.78 is 34.7. The molecule has 3 saturated heterocycles. The molecule has 4 aliphatic rings. The van der Waals surface area contributed by atoms with Crippen LogP contribution in [0.4, 0.5) is 0 Å². The molecule has 0 spiro atoms. The van der Waals surface area contributed by atoms with E-state index in [0.29, 0.717) is 62.3 Å². The lowest BCUT2D eigenvalue weighted by molar-refractivity contribution is 0.0233. The quantitative estimate of drug-likeness (QED) is 0.580. The second-order valence-corrected chi connectivity index (χ2v) is 13.2. The summed E-state index contributed by atoms with van der Waals surface area (Å²) in [5.74, 6) is 1.02. The Labute approximate surface area is 228 Å². The number of likely N-dealkylation sites (tertiary alicyclic amines) is 2. The third-order valence-corrected chi connectivity index (χ3v) is 9.49. The molecule has 0 bridgehead atoms. The van der Waals surface area contributed by atoms with E-state index in [2.05, 4.69) is 11.9 Å². The van der Waals surface area contributed by atoms with Crippen LogP contribution >= 0.6 is 0 Å². The van der Waals surface area contributed by atoms with Crippen molar-refractivity contribution in [1.82, 2.24) is 14.8 Å². The molecule has 4 fully saturated rings.